The fourth-order valence-corrected chi connectivity index (χ4v) is 0.811. The predicted molar refractivity (Wildman–Crippen MR) is 52.8 cm³/mol. The summed E-state index contributed by atoms with van der Waals surface area (Å²) < 4.78 is 4.43. The normalized spacial score (nSPS) is 12.4. The Labute approximate surface area is 84.2 Å². The SMILES string of the molecule is COC(=O)CNC(C)C(=O)NC(C)C. The summed E-state index contributed by atoms with van der Waals surface area (Å²) in [6.07, 6.45) is 0. The quantitative estimate of drug-likeness (QED) is 0.599. The van der Waals surface area contributed by atoms with Crippen LogP contribution >= 0.6 is 0 Å². The first-order chi connectivity index (χ1) is 6.47. The minimum atomic E-state index is -0.392. The Kier molecular flexibility index (Phi) is 5.87. The molecule has 5 nitrogen and oxygen atoms in total. The van der Waals surface area contributed by atoms with Crippen molar-refractivity contribution in [2.75, 3.05) is 13.7 Å². The van der Waals surface area contributed by atoms with E-state index < -0.39 is 6.04 Å². The maximum absolute atomic E-state index is 11.3. The van der Waals surface area contributed by atoms with Crippen LogP contribution < -0.4 is 10.6 Å². The Morgan fingerprint density at radius 3 is 2.29 bits per heavy atom. The minimum absolute atomic E-state index is 0.0448. The fraction of sp³-hybridized carbons (Fsp3) is 0.778. The summed E-state index contributed by atoms with van der Waals surface area (Å²) in [5.41, 5.74) is 0. The van der Waals surface area contributed by atoms with Crippen LogP contribution in [0.2, 0.25) is 0 Å². The van der Waals surface area contributed by atoms with Crippen LogP contribution in [0.25, 0.3) is 0 Å². The van der Waals surface area contributed by atoms with E-state index in [0.29, 0.717) is 0 Å². The zero-order chi connectivity index (χ0) is 11.1. The van der Waals surface area contributed by atoms with Crippen LogP contribution in [-0.2, 0) is 14.3 Å². The molecule has 0 saturated carbocycles. The summed E-state index contributed by atoms with van der Waals surface area (Å²) in [6.45, 7) is 5.50. The number of ether oxygens (including phenoxy) is 1. The van der Waals surface area contributed by atoms with Gasteiger partial charge in [-0.3, -0.25) is 14.9 Å². The van der Waals surface area contributed by atoms with Gasteiger partial charge in [-0.2, -0.15) is 0 Å². The van der Waals surface area contributed by atoms with E-state index in [4.69, 9.17) is 0 Å². The molecule has 0 aliphatic heterocycles. The molecule has 0 heterocycles. The summed E-state index contributed by atoms with van der Waals surface area (Å²) in [4.78, 5) is 22.1. The first kappa shape index (κ1) is 12.9. The van der Waals surface area contributed by atoms with Crippen molar-refractivity contribution in [1.29, 1.82) is 0 Å². The Hall–Kier alpha value is -1.10. The average molecular weight is 202 g/mol. The second-order valence-corrected chi connectivity index (χ2v) is 3.34. The van der Waals surface area contributed by atoms with Gasteiger partial charge in [0.25, 0.3) is 0 Å². The summed E-state index contributed by atoms with van der Waals surface area (Å²) in [7, 11) is 1.31. The van der Waals surface area contributed by atoms with Crippen LogP contribution in [0, 0.1) is 0 Å². The van der Waals surface area contributed by atoms with Crippen molar-refractivity contribution in [1.82, 2.24) is 10.6 Å². The van der Waals surface area contributed by atoms with Gasteiger partial charge in [0.1, 0.15) is 0 Å². The lowest BCUT2D eigenvalue weighted by molar-refractivity contribution is -0.139. The zero-order valence-electron chi connectivity index (χ0n) is 9.09. The number of esters is 1. The number of rotatable bonds is 5. The second-order valence-electron chi connectivity index (χ2n) is 3.34. The third-order valence-electron chi connectivity index (χ3n) is 1.60. The molecule has 5 heteroatoms. The predicted octanol–water partition coefficient (Wildman–Crippen LogP) is -0.338. The molecule has 14 heavy (non-hydrogen) atoms. The third-order valence-corrected chi connectivity index (χ3v) is 1.60. The highest BCUT2D eigenvalue weighted by Crippen LogP contribution is 1.85. The number of amides is 1. The van der Waals surface area contributed by atoms with E-state index in [-0.39, 0.29) is 24.5 Å². The summed E-state index contributed by atoms with van der Waals surface area (Å²) in [6, 6.07) is -0.290. The number of hydrogen-bond acceptors (Lipinski definition) is 4. The van der Waals surface area contributed by atoms with Gasteiger partial charge in [0, 0.05) is 6.04 Å². The lowest BCUT2D eigenvalue weighted by Gasteiger charge is -2.15. The molecule has 1 atom stereocenters. The van der Waals surface area contributed by atoms with Crippen molar-refractivity contribution < 1.29 is 14.3 Å². The molecule has 0 aromatic heterocycles. The maximum atomic E-state index is 11.3. The van der Waals surface area contributed by atoms with Crippen LogP contribution in [0.1, 0.15) is 20.8 Å². The Balaban J connectivity index is 3.78. The Morgan fingerprint density at radius 2 is 1.86 bits per heavy atom. The number of methoxy groups -OCH3 is 1. The third kappa shape index (κ3) is 5.53. The molecule has 0 rings (SSSR count). The standard InChI is InChI=1S/C9H18N2O3/c1-6(2)11-9(13)7(3)10-5-8(12)14-4/h6-7,10H,5H2,1-4H3,(H,11,13). The summed E-state index contributed by atoms with van der Waals surface area (Å²) in [5, 5.41) is 5.48. The van der Waals surface area contributed by atoms with Gasteiger partial charge in [-0.15, -0.1) is 0 Å². The van der Waals surface area contributed by atoms with E-state index in [0.717, 1.165) is 0 Å². The topological polar surface area (TPSA) is 67.4 Å². The Bertz CT molecular complexity index is 204. The molecule has 0 aliphatic carbocycles. The van der Waals surface area contributed by atoms with Crippen molar-refractivity contribution in [3.05, 3.63) is 0 Å². The smallest absolute Gasteiger partial charge is 0.319 e. The molecule has 0 aromatic carbocycles. The van der Waals surface area contributed by atoms with Gasteiger partial charge in [-0.05, 0) is 20.8 Å². The van der Waals surface area contributed by atoms with Gasteiger partial charge >= 0.3 is 5.97 Å². The van der Waals surface area contributed by atoms with Crippen LogP contribution in [0.15, 0.2) is 0 Å². The monoisotopic (exact) mass is 202 g/mol. The molecule has 2 N–H and O–H groups in total. The molecule has 82 valence electrons. The van der Waals surface area contributed by atoms with Crippen molar-refractivity contribution in [3.63, 3.8) is 0 Å². The largest absolute Gasteiger partial charge is 0.468 e. The van der Waals surface area contributed by atoms with Crippen LogP contribution in [0.3, 0.4) is 0 Å². The van der Waals surface area contributed by atoms with Crippen molar-refractivity contribution in [2.24, 2.45) is 0 Å². The van der Waals surface area contributed by atoms with Gasteiger partial charge < -0.3 is 10.1 Å². The minimum Gasteiger partial charge on any atom is -0.468 e. The van der Waals surface area contributed by atoms with E-state index >= 15 is 0 Å². The number of carbonyl (C=O) groups excluding carboxylic acids is 2. The highest BCUT2D eigenvalue weighted by Gasteiger charge is 2.13. The van der Waals surface area contributed by atoms with Crippen molar-refractivity contribution in [2.45, 2.75) is 32.9 Å². The fourth-order valence-electron chi connectivity index (χ4n) is 0.811. The second kappa shape index (κ2) is 6.37. The van der Waals surface area contributed by atoms with Crippen LogP contribution in [-0.4, -0.2) is 37.6 Å². The van der Waals surface area contributed by atoms with Gasteiger partial charge in [-0.1, -0.05) is 0 Å². The van der Waals surface area contributed by atoms with E-state index in [9.17, 15) is 9.59 Å². The first-order valence-corrected chi connectivity index (χ1v) is 4.58. The summed E-state index contributed by atoms with van der Waals surface area (Å²) in [5.74, 6) is -0.502. The molecule has 0 radical (unpaired) electrons. The zero-order valence-corrected chi connectivity index (χ0v) is 9.09. The lowest BCUT2D eigenvalue weighted by atomic mass is 10.3. The van der Waals surface area contributed by atoms with E-state index in [2.05, 4.69) is 15.4 Å². The number of nitrogens with one attached hydrogen (secondary N) is 2. The molecule has 0 bridgehead atoms. The molecule has 1 amide bonds. The molecular formula is C9H18N2O3. The molecule has 0 aliphatic rings. The van der Waals surface area contributed by atoms with Gasteiger partial charge in [0.15, 0.2) is 0 Å². The first-order valence-electron chi connectivity index (χ1n) is 4.58. The molecule has 0 fully saturated rings. The maximum Gasteiger partial charge on any atom is 0.319 e. The van der Waals surface area contributed by atoms with Crippen LogP contribution in [0.5, 0.6) is 0 Å². The van der Waals surface area contributed by atoms with Gasteiger partial charge in [-0.25, -0.2) is 0 Å². The molecular weight excluding hydrogens is 184 g/mol. The number of carbonyl (C=O) groups is 2. The Morgan fingerprint density at radius 1 is 1.29 bits per heavy atom. The van der Waals surface area contributed by atoms with E-state index in [1.807, 2.05) is 13.8 Å². The van der Waals surface area contributed by atoms with E-state index in [1.165, 1.54) is 7.11 Å². The number of hydrogen-bond donors (Lipinski definition) is 2. The highest BCUT2D eigenvalue weighted by atomic mass is 16.5. The molecule has 0 saturated heterocycles. The average Bonchev–Trinajstić information content (AvgIpc) is 2.12. The lowest BCUT2D eigenvalue weighted by Crippen LogP contribution is -2.46. The molecule has 0 aromatic rings. The van der Waals surface area contributed by atoms with Crippen LogP contribution in [0.4, 0.5) is 0 Å². The van der Waals surface area contributed by atoms with Crippen molar-refractivity contribution in [3.8, 4) is 0 Å². The molecule has 0 spiro atoms. The highest BCUT2D eigenvalue weighted by molar-refractivity contribution is 5.82. The molecule has 1 unspecified atom stereocenters. The van der Waals surface area contributed by atoms with Crippen molar-refractivity contribution >= 4 is 11.9 Å². The van der Waals surface area contributed by atoms with E-state index in [1.54, 1.807) is 6.92 Å². The summed E-state index contributed by atoms with van der Waals surface area (Å²) >= 11 is 0. The van der Waals surface area contributed by atoms with Gasteiger partial charge in [0.05, 0.1) is 19.7 Å². The van der Waals surface area contributed by atoms with Gasteiger partial charge in [0.2, 0.25) is 5.91 Å².